The van der Waals surface area contributed by atoms with Gasteiger partial charge in [-0.3, -0.25) is 14.6 Å². The second-order valence-electron chi connectivity index (χ2n) is 7.74. The number of carbonyl (C=O) groups excluding carboxylic acids is 1. The molecule has 1 atom stereocenters. The third-order valence-corrected chi connectivity index (χ3v) is 5.73. The molecule has 0 bridgehead atoms. The molecule has 2 N–H and O–H groups in total. The Morgan fingerprint density at radius 3 is 2.64 bits per heavy atom. The summed E-state index contributed by atoms with van der Waals surface area (Å²) in [6.07, 6.45) is 6.17. The third-order valence-electron chi connectivity index (χ3n) is 5.73. The Hall–Kier alpha value is -2.70. The lowest BCUT2D eigenvalue weighted by Crippen LogP contribution is -2.37. The fourth-order valence-electron chi connectivity index (χ4n) is 4.23. The molecule has 1 aliphatic carbocycles. The quantitative estimate of drug-likeness (QED) is 0.830. The highest BCUT2D eigenvalue weighted by molar-refractivity contribution is 5.80. The van der Waals surface area contributed by atoms with E-state index < -0.39 is 0 Å². The predicted molar refractivity (Wildman–Crippen MR) is 105 cm³/mol. The van der Waals surface area contributed by atoms with Crippen molar-refractivity contribution in [2.24, 2.45) is 0 Å². The first kappa shape index (κ1) is 18.7. The summed E-state index contributed by atoms with van der Waals surface area (Å²) in [6.45, 7) is 1.06. The van der Waals surface area contributed by atoms with Gasteiger partial charge in [0.15, 0.2) is 0 Å². The predicted octanol–water partition coefficient (Wildman–Crippen LogP) is 3.17. The molecule has 1 saturated carbocycles. The Kier molecular flexibility index (Phi) is 5.41. The number of halogens is 1. The van der Waals surface area contributed by atoms with Gasteiger partial charge in [-0.05, 0) is 30.5 Å². The molecular formula is C21H25FN4O2. The van der Waals surface area contributed by atoms with E-state index in [-0.39, 0.29) is 23.2 Å². The Bertz CT molecular complexity index is 890. The number of aromatic amines is 1. The molecule has 2 heterocycles. The van der Waals surface area contributed by atoms with Crippen molar-refractivity contribution in [3.05, 3.63) is 57.8 Å². The number of likely N-dealkylation sites (tertiary alicyclic amines) is 1. The van der Waals surface area contributed by atoms with Gasteiger partial charge >= 0.3 is 0 Å². The summed E-state index contributed by atoms with van der Waals surface area (Å²) >= 11 is 0. The zero-order chi connectivity index (χ0) is 19.5. The van der Waals surface area contributed by atoms with Crippen LogP contribution in [0.4, 0.5) is 10.3 Å². The summed E-state index contributed by atoms with van der Waals surface area (Å²) in [5.74, 6) is 0.198. The van der Waals surface area contributed by atoms with E-state index in [1.807, 2.05) is 4.90 Å². The molecule has 6 nitrogen and oxygen atoms in total. The van der Waals surface area contributed by atoms with Crippen molar-refractivity contribution in [3.8, 4) is 0 Å². The van der Waals surface area contributed by atoms with Crippen molar-refractivity contribution in [1.82, 2.24) is 14.9 Å². The molecular weight excluding hydrogens is 359 g/mol. The largest absolute Gasteiger partial charge is 0.352 e. The fourth-order valence-corrected chi connectivity index (χ4v) is 4.23. The Balaban J connectivity index is 1.45. The molecule has 4 rings (SSSR count). The maximum atomic E-state index is 13.0. The van der Waals surface area contributed by atoms with Crippen molar-refractivity contribution in [2.75, 3.05) is 11.9 Å². The molecule has 28 heavy (non-hydrogen) atoms. The summed E-state index contributed by atoms with van der Waals surface area (Å²) in [5, 5.41) is 3.08. The zero-order valence-corrected chi connectivity index (χ0v) is 15.8. The van der Waals surface area contributed by atoms with Crippen LogP contribution in [-0.2, 0) is 11.3 Å². The van der Waals surface area contributed by atoms with Crippen LogP contribution >= 0.6 is 0 Å². The van der Waals surface area contributed by atoms with Crippen molar-refractivity contribution < 1.29 is 9.18 Å². The number of rotatable bonds is 5. The van der Waals surface area contributed by atoms with Gasteiger partial charge in [0, 0.05) is 37.5 Å². The summed E-state index contributed by atoms with van der Waals surface area (Å²) in [6, 6.07) is 7.99. The number of aromatic nitrogens is 2. The minimum Gasteiger partial charge on any atom is -0.352 e. The SMILES string of the molecule is O=C1CC(c2cc(=O)[nH]c(NCc3ccc(F)cc3)n2)CN1C1CCCCC1. The lowest BCUT2D eigenvalue weighted by atomic mass is 9.94. The van der Waals surface area contributed by atoms with Gasteiger partial charge in [0.05, 0.1) is 5.69 Å². The number of amides is 1. The highest BCUT2D eigenvalue weighted by Gasteiger charge is 2.36. The van der Waals surface area contributed by atoms with E-state index in [1.165, 1.54) is 37.5 Å². The molecule has 1 aromatic carbocycles. The molecule has 2 aliphatic rings. The molecule has 2 aromatic rings. The van der Waals surface area contributed by atoms with Crippen LogP contribution in [0.1, 0.15) is 55.7 Å². The van der Waals surface area contributed by atoms with Gasteiger partial charge in [-0.2, -0.15) is 0 Å². The van der Waals surface area contributed by atoms with E-state index in [2.05, 4.69) is 15.3 Å². The van der Waals surface area contributed by atoms with Crippen LogP contribution in [0, 0.1) is 5.82 Å². The van der Waals surface area contributed by atoms with Gasteiger partial charge in [-0.1, -0.05) is 31.4 Å². The van der Waals surface area contributed by atoms with Crippen LogP contribution in [0.5, 0.6) is 0 Å². The number of nitrogens with zero attached hydrogens (tertiary/aromatic N) is 2. The number of nitrogens with one attached hydrogen (secondary N) is 2. The molecule has 0 spiro atoms. The van der Waals surface area contributed by atoms with Crippen molar-refractivity contribution in [2.45, 2.75) is 57.0 Å². The van der Waals surface area contributed by atoms with Crippen LogP contribution in [0.15, 0.2) is 35.1 Å². The van der Waals surface area contributed by atoms with E-state index >= 15 is 0 Å². The zero-order valence-electron chi connectivity index (χ0n) is 15.8. The lowest BCUT2D eigenvalue weighted by Gasteiger charge is -2.31. The fraction of sp³-hybridized carbons (Fsp3) is 0.476. The van der Waals surface area contributed by atoms with Gasteiger partial charge in [0.2, 0.25) is 11.9 Å². The van der Waals surface area contributed by atoms with Crippen LogP contribution < -0.4 is 10.9 Å². The van der Waals surface area contributed by atoms with E-state index in [0.717, 1.165) is 18.4 Å². The Morgan fingerprint density at radius 1 is 1.14 bits per heavy atom. The lowest BCUT2D eigenvalue weighted by molar-refractivity contribution is -0.130. The highest BCUT2D eigenvalue weighted by Crippen LogP contribution is 2.32. The first-order chi connectivity index (χ1) is 13.6. The number of H-pyrrole nitrogens is 1. The number of benzene rings is 1. The van der Waals surface area contributed by atoms with Crippen LogP contribution in [0.2, 0.25) is 0 Å². The van der Waals surface area contributed by atoms with Crippen molar-refractivity contribution in [1.29, 1.82) is 0 Å². The van der Waals surface area contributed by atoms with Gasteiger partial charge in [-0.15, -0.1) is 0 Å². The van der Waals surface area contributed by atoms with E-state index in [1.54, 1.807) is 12.1 Å². The molecule has 148 valence electrons. The molecule has 1 aliphatic heterocycles. The molecule has 1 amide bonds. The van der Waals surface area contributed by atoms with Crippen LogP contribution in [0.25, 0.3) is 0 Å². The first-order valence-corrected chi connectivity index (χ1v) is 9.97. The molecule has 0 radical (unpaired) electrons. The van der Waals surface area contributed by atoms with Crippen LogP contribution in [-0.4, -0.2) is 33.4 Å². The van der Waals surface area contributed by atoms with E-state index in [9.17, 15) is 14.0 Å². The molecule has 1 aromatic heterocycles. The number of carbonyl (C=O) groups is 1. The van der Waals surface area contributed by atoms with Gasteiger partial charge in [0.25, 0.3) is 5.56 Å². The number of hydrogen-bond acceptors (Lipinski definition) is 4. The summed E-state index contributed by atoms with van der Waals surface area (Å²) in [5.41, 5.74) is 1.29. The summed E-state index contributed by atoms with van der Waals surface area (Å²) in [7, 11) is 0. The topological polar surface area (TPSA) is 78.1 Å². The second kappa shape index (κ2) is 8.12. The monoisotopic (exact) mass is 384 g/mol. The Morgan fingerprint density at radius 2 is 1.89 bits per heavy atom. The maximum absolute atomic E-state index is 13.0. The minimum absolute atomic E-state index is 0.0527. The standard InChI is InChI=1S/C21H25FN4O2/c22-16-8-6-14(7-9-16)12-23-21-24-18(11-19(27)25-21)15-10-20(28)26(13-15)17-4-2-1-3-5-17/h6-9,11,15,17H,1-5,10,12-13H2,(H2,23,24,25,27). The maximum Gasteiger partial charge on any atom is 0.252 e. The number of hydrogen-bond donors (Lipinski definition) is 2. The van der Waals surface area contributed by atoms with Crippen molar-refractivity contribution >= 4 is 11.9 Å². The van der Waals surface area contributed by atoms with E-state index in [0.29, 0.717) is 37.2 Å². The Labute approximate surface area is 163 Å². The van der Waals surface area contributed by atoms with Crippen LogP contribution in [0.3, 0.4) is 0 Å². The first-order valence-electron chi connectivity index (χ1n) is 9.97. The average molecular weight is 384 g/mol. The highest BCUT2D eigenvalue weighted by atomic mass is 19.1. The summed E-state index contributed by atoms with van der Waals surface area (Å²) in [4.78, 5) is 33.9. The summed E-state index contributed by atoms with van der Waals surface area (Å²) < 4.78 is 13.0. The molecule has 2 fully saturated rings. The van der Waals surface area contributed by atoms with Gasteiger partial charge in [-0.25, -0.2) is 9.37 Å². The third kappa shape index (κ3) is 4.24. The average Bonchev–Trinajstić information content (AvgIpc) is 3.10. The van der Waals surface area contributed by atoms with Gasteiger partial charge < -0.3 is 10.2 Å². The smallest absolute Gasteiger partial charge is 0.252 e. The van der Waals surface area contributed by atoms with E-state index in [4.69, 9.17) is 0 Å². The van der Waals surface area contributed by atoms with Gasteiger partial charge in [0.1, 0.15) is 5.82 Å². The minimum atomic E-state index is -0.286. The molecule has 7 heteroatoms. The molecule has 1 saturated heterocycles. The normalized spacial score (nSPS) is 20.5. The number of anilines is 1. The molecule has 1 unspecified atom stereocenters. The van der Waals surface area contributed by atoms with Crippen molar-refractivity contribution in [3.63, 3.8) is 0 Å². The second-order valence-corrected chi connectivity index (χ2v) is 7.74.